The van der Waals surface area contributed by atoms with E-state index in [1.54, 1.807) is 0 Å². The number of carbonyl (C=O) groups is 1. The monoisotopic (exact) mass is 432 g/mol. The van der Waals surface area contributed by atoms with Gasteiger partial charge < -0.3 is 14.5 Å². The number of aryl methyl sites for hydroxylation is 2. The number of carboxylic acid groups (broad SMARTS) is 1. The van der Waals surface area contributed by atoms with Gasteiger partial charge in [0.2, 0.25) is 0 Å². The molecule has 1 aromatic heterocycles. The smallest absolute Gasteiger partial charge is 0.475 e. The Hall–Kier alpha value is -2.06. The molecule has 1 aliphatic rings. The van der Waals surface area contributed by atoms with E-state index < -0.39 is 12.1 Å². The van der Waals surface area contributed by atoms with Crippen molar-refractivity contribution in [3.8, 4) is 0 Å². The van der Waals surface area contributed by atoms with Crippen LogP contribution >= 0.6 is 11.6 Å². The van der Waals surface area contributed by atoms with Crippen LogP contribution in [0.3, 0.4) is 0 Å². The van der Waals surface area contributed by atoms with Gasteiger partial charge in [0.05, 0.1) is 5.69 Å². The summed E-state index contributed by atoms with van der Waals surface area (Å²) < 4.78 is 37.0. The number of hydrogen-bond acceptors (Lipinski definition) is 4. The molecule has 0 amide bonds. The summed E-state index contributed by atoms with van der Waals surface area (Å²) in [7, 11) is 0. The van der Waals surface area contributed by atoms with Crippen molar-refractivity contribution >= 4 is 17.6 Å². The number of carboxylic acids is 1. The maximum Gasteiger partial charge on any atom is 0.490 e. The third-order valence-electron chi connectivity index (χ3n) is 4.95. The van der Waals surface area contributed by atoms with Gasteiger partial charge in [0.1, 0.15) is 5.76 Å². The minimum absolute atomic E-state index is 0.621. The van der Waals surface area contributed by atoms with Gasteiger partial charge in [-0.25, -0.2) is 4.79 Å². The molecular weight excluding hydrogens is 409 g/mol. The van der Waals surface area contributed by atoms with E-state index in [0.717, 1.165) is 36.0 Å². The Kier molecular flexibility index (Phi) is 8.10. The van der Waals surface area contributed by atoms with Crippen LogP contribution in [0, 0.1) is 13.8 Å². The molecule has 0 saturated carbocycles. The Bertz CT molecular complexity index is 787. The Morgan fingerprint density at radius 2 is 1.93 bits per heavy atom. The molecule has 9 heteroatoms. The molecule has 1 aliphatic heterocycles. The van der Waals surface area contributed by atoms with Crippen LogP contribution < -0.4 is 0 Å². The van der Waals surface area contributed by atoms with Crippen molar-refractivity contribution in [3.63, 3.8) is 0 Å². The van der Waals surface area contributed by atoms with Crippen LogP contribution in [-0.2, 0) is 11.2 Å². The summed E-state index contributed by atoms with van der Waals surface area (Å²) in [5.41, 5.74) is 3.71. The number of benzene rings is 1. The molecule has 2 heterocycles. The lowest BCUT2D eigenvalue weighted by atomic mass is 9.90. The number of alkyl halides is 3. The average molecular weight is 433 g/mol. The summed E-state index contributed by atoms with van der Waals surface area (Å²) in [5, 5.41) is 12.0. The lowest BCUT2D eigenvalue weighted by molar-refractivity contribution is -0.192. The summed E-state index contributed by atoms with van der Waals surface area (Å²) in [5.74, 6) is -1.17. The molecule has 29 heavy (non-hydrogen) atoms. The first kappa shape index (κ1) is 23.2. The highest BCUT2D eigenvalue weighted by Gasteiger charge is 2.38. The molecular formula is C20H24ClF3N2O3. The zero-order valence-corrected chi connectivity index (χ0v) is 17.1. The van der Waals surface area contributed by atoms with Crippen LogP contribution in [0.4, 0.5) is 13.2 Å². The van der Waals surface area contributed by atoms with E-state index in [2.05, 4.69) is 22.2 Å². The van der Waals surface area contributed by atoms with Crippen molar-refractivity contribution < 1.29 is 27.6 Å². The fourth-order valence-electron chi connectivity index (χ4n) is 3.39. The lowest BCUT2D eigenvalue weighted by Crippen LogP contribution is -2.35. The molecule has 2 aromatic rings. The number of aromatic nitrogens is 1. The van der Waals surface area contributed by atoms with Gasteiger partial charge in [-0.1, -0.05) is 28.9 Å². The molecule has 1 saturated heterocycles. The number of piperidine rings is 1. The minimum atomic E-state index is -5.08. The molecule has 0 aliphatic carbocycles. The van der Waals surface area contributed by atoms with Gasteiger partial charge in [-0.05, 0) is 63.3 Å². The molecule has 0 bridgehead atoms. The first-order chi connectivity index (χ1) is 13.6. The van der Waals surface area contributed by atoms with Crippen molar-refractivity contribution in [2.75, 3.05) is 19.6 Å². The molecule has 1 atom stereocenters. The Morgan fingerprint density at radius 1 is 1.31 bits per heavy atom. The Morgan fingerprint density at radius 3 is 2.45 bits per heavy atom. The van der Waals surface area contributed by atoms with Gasteiger partial charge in [-0.15, -0.1) is 0 Å². The first-order valence-corrected chi connectivity index (χ1v) is 9.65. The van der Waals surface area contributed by atoms with Gasteiger partial charge in [-0.3, -0.25) is 0 Å². The fraction of sp³-hybridized carbons (Fsp3) is 0.500. The van der Waals surface area contributed by atoms with Crippen LogP contribution in [0.15, 0.2) is 28.8 Å². The largest absolute Gasteiger partial charge is 0.490 e. The predicted octanol–water partition coefficient (Wildman–Crippen LogP) is 5.00. The second-order valence-electron chi connectivity index (χ2n) is 7.05. The summed E-state index contributed by atoms with van der Waals surface area (Å²) in [6, 6.07) is 8.34. The first-order valence-electron chi connectivity index (χ1n) is 9.27. The zero-order chi connectivity index (χ0) is 21.6. The molecule has 1 aromatic carbocycles. The molecule has 160 valence electrons. The van der Waals surface area contributed by atoms with Gasteiger partial charge >= 0.3 is 12.1 Å². The summed E-state index contributed by atoms with van der Waals surface area (Å²) >= 11 is 5.99. The maximum atomic E-state index is 10.6. The summed E-state index contributed by atoms with van der Waals surface area (Å²) in [4.78, 5) is 11.5. The normalized spacial score (nSPS) is 17.5. The average Bonchev–Trinajstić information content (AvgIpc) is 2.98. The summed E-state index contributed by atoms with van der Waals surface area (Å²) in [6.07, 6.45) is -1.53. The number of aliphatic carboxylic acids is 1. The summed E-state index contributed by atoms with van der Waals surface area (Å²) in [6.45, 7) is 7.42. The van der Waals surface area contributed by atoms with Crippen LogP contribution in [0.5, 0.6) is 0 Å². The van der Waals surface area contributed by atoms with Crippen molar-refractivity contribution in [1.82, 2.24) is 10.1 Å². The van der Waals surface area contributed by atoms with E-state index in [0.29, 0.717) is 5.92 Å². The number of hydrogen-bond donors (Lipinski definition) is 1. The molecule has 1 fully saturated rings. The second-order valence-corrected chi connectivity index (χ2v) is 7.48. The highest BCUT2D eigenvalue weighted by molar-refractivity contribution is 6.30. The fourth-order valence-corrected chi connectivity index (χ4v) is 3.52. The number of rotatable bonds is 4. The van der Waals surface area contributed by atoms with Gasteiger partial charge in [0.25, 0.3) is 0 Å². The van der Waals surface area contributed by atoms with E-state index >= 15 is 0 Å². The lowest BCUT2D eigenvalue weighted by Gasteiger charge is -2.33. The molecule has 1 N–H and O–H groups in total. The third kappa shape index (κ3) is 7.04. The Labute approximate surface area is 172 Å². The van der Waals surface area contributed by atoms with E-state index in [9.17, 15) is 13.2 Å². The third-order valence-corrected chi connectivity index (χ3v) is 5.20. The quantitative estimate of drug-likeness (QED) is 0.736. The van der Waals surface area contributed by atoms with E-state index in [1.165, 1.54) is 30.5 Å². The van der Waals surface area contributed by atoms with Gasteiger partial charge in [0.15, 0.2) is 0 Å². The highest BCUT2D eigenvalue weighted by atomic mass is 35.5. The molecule has 5 nitrogen and oxygen atoms in total. The van der Waals surface area contributed by atoms with Crippen molar-refractivity contribution in [2.24, 2.45) is 0 Å². The van der Waals surface area contributed by atoms with E-state index in [1.807, 2.05) is 26.0 Å². The van der Waals surface area contributed by atoms with E-state index in [-0.39, 0.29) is 0 Å². The van der Waals surface area contributed by atoms with Crippen molar-refractivity contribution in [2.45, 2.75) is 45.2 Å². The molecule has 3 rings (SSSR count). The molecule has 0 radical (unpaired) electrons. The Balaban J connectivity index is 0.000000370. The van der Waals surface area contributed by atoms with Crippen LogP contribution in [0.25, 0.3) is 0 Å². The van der Waals surface area contributed by atoms with Gasteiger partial charge in [0, 0.05) is 23.7 Å². The van der Waals surface area contributed by atoms with E-state index in [4.69, 9.17) is 26.0 Å². The highest BCUT2D eigenvalue weighted by Crippen LogP contribution is 2.28. The van der Waals surface area contributed by atoms with Crippen LogP contribution in [-0.4, -0.2) is 46.9 Å². The minimum Gasteiger partial charge on any atom is -0.475 e. The SMILES string of the molecule is Cc1noc(C)c1CCN1CCCC(c2ccc(Cl)cc2)C1.O=C(O)C(F)(F)F. The van der Waals surface area contributed by atoms with Crippen molar-refractivity contribution in [3.05, 3.63) is 51.9 Å². The maximum absolute atomic E-state index is 10.6. The predicted molar refractivity (Wildman–Crippen MR) is 103 cm³/mol. The zero-order valence-electron chi connectivity index (χ0n) is 16.3. The second kappa shape index (κ2) is 10.1. The topological polar surface area (TPSA) is 66.6 Å². The van der Waals surface area contributed by atoms with Gasteiger partial charge in [-0.2, -0.15) is 13.2 Å². The van der Waals surface area contributed by atoms with Crippen molar-refractivity contribution in [1.29, 1.82) is 0 Å². The van der Waals surface area contributed by atoms with Crippen LogP contribution in [0.1, 0.15) is 41.3 Å². The molecule has 0 spiro atoms. The number of nitrogens with zero attached hydrogens (tertiary/aromatic N) is 2. The number of likely N-dealkylation sites (tertiary alicyclic amines) is 1. The standard InChI is InChI=1S/C18H23ClN2O.C2HF3O2/c1-13-18(14(2)22-20-13)9-11-21-10-3-4-16(12-21)15-5-7-17(19)8-6-15;3-2(4,5)1(6)7/h5-8,16H,3-4,9-12H2,1-2H3;(H,6,7). The number of halogens is 4. The van der Waals surface area contributed by atoms with Crippen LogP contribution in [0.2, 0.25) is 5.02 Å². The molecule has 1 unspecified atom stereocenters.